The van der Waals surface area contributed by atoms with Crippen molar-refractivity contribution in [2.45, 2.75) is 129 Å². The van der Waals surface area contributed by atoms with Crippen LogP contribution in [-0.4, -0.2) is 92.9 Å². The SMILES string of the molecule is CC(C)(C)OC(=O)O[C@H]1[C@H](F)[C@H](n2ccc(N(C(=O)OC(C)(C)C)C(=O)OC(C)(C)C)nc2=O)S[C@@H]1COP(=O)(OCCC#N)OCCSC(=O)C(C)(C)C. The topological polar surface area (TPSA) is 212 Å². The third kappa shape index (κ3) is 16.1. The zero-order valence-electron chi connectivity index (χ0n) is 33.2. The van der Waals surface area contributed by atoms with Crippen LogP contribution in [0, 0.1) is 16.7 Å². The number of carbonyl (C=O) groups excluding carboxylic acids is 4. The maximum atomic E-state index is 16.4. The number of alkyl halides is 1. The van der Waals surface area contributed by atoms with E-state index in [1.54, 1.807) is 83.1 Å². The maximum absolute atomic E-state index is 16.4. The van der Waals surface area contributed by atoms with Crippen LogP contribution in [0.25, 0.3) is 0 Å². The van der Waals surface area contributed by atoms with Crippen LogP contribution in [0.3, 0.4) is 0 Å². The largest absolute Gasteiger partial charge is 0.509 e. The third-order valence-corrected chi connectivity index (χ3v) is 10.6. The van der Waals surface area contributed by atoms with E-state index in [4.69, 9.17) is 37.8 Å². The van der Waals surface area contributed by atoms with Crippen LogP contribution < -0.4 is 10.6 Å². The molecule has 1 aliphatic rings. The number of anilines is 1. The van der Waals surface area contributed by atoms with Crippen molar-refractivity contribution in [2.24, 2.45) is 5.41 Å². The molecule has 0 aromatic carbocycles. The first kappa shape index (κ1) is 47.9. The molecule has 1 saturated heterocycles. The molecule has 2 rings (SSSR count). The number of phosphoric acid groups is 1. The van der Waals surface area contributed by atoms with E-state index >= 15 is 4.39 Å². The number of amides is 2. The zero-order valence-corrected chi connectivity index (χ0v) is 35.8. The fraction of sp³-hybridized carbons (Fsp3) is 0.735. The van der Waals surface area contributed by atoms with E-state index in [0.717, 1.165) is 40.4 Å². The van der Waals surface area contributed by atoms with Crippen molar-refractivity contribution in [3.8, 4) is 6.07 Å². The van der Waals surface area contributed by atoms with E-state index in [1.807, 2.05) is 6.07 Å². The van der Waals surface area contributed by atoms with Crippen LogP contribution in [0.15, 0.2) is 17.1 Å². The molecule has 1 aromatic heterocycles. The molecule has 21 heteroatoms. The Bertz CT molecular complexity index is 1650. The zero-order chi connectivity index (χ0) is 42.2. The lowest BCUT2D eigenvalue weighted by atomic mass is 10.00. The first-order chi connectivity index (χ1) is 25.1. The van der Waals surface area contributed by atoms with Gasteiger partial charge in [0.05, 0.1) is 37.6 Å². The van der Waals surface area contributed by atoms with Gasteiger partial charge in [0.2, 0.25) is 0 Å². The first-order valence-electron chi connectivity index (χ1n) is 17.2. The highest BCUT2D eigenvalue weighted by Crippen LogP contribution is 2.52. The molecule has 1 unspecified atom stereocenters. The van der Waals surface area contributed by atoms with Crippen molar-refractivity contribution in [3.63, 3.8) is 0 Å². The summed E-state index contributed by atoms with van der Waals surface area (Å²) in [6, 6.07) is 2.94. The number of imide groups is 1. The van der Waals surface area contributed by atoms with E-state index in [2.05, 4.69) is 4.98 Å². The highest BCUT2D eigenvalue weighted by Gasteiger charge is 2.50. The Hall–Kier alpha value is -3.21. The molecule has 0 N–H and O–H groups in total. The van der Waals surface area contributed by atoms with Crippen LogP contribution in [-0.2, 0) is 41.9 Å². The van der Waals surface area contributed by atoms with Gasteiger partial charge in [-0.15, -0.1) is 11.8 Å². The van der Waals surface area contributed by atoms with Crippen LogP contribution in [0.1, 0.15) is 94.9 Å². The number of thioether (sulfide) groups is 2. The molecule has 2 heterocycles. The fourth-order valence-electron chi connectivity index (χ4n) is 4.16. The number of hydrogen-bond acceptors (Lipinski definition) is 17. The standard InChI is InChI=1S/C34H52FN4O13PS2/c1-31(2,3)26(40)54-19-18-47-53(45,46-17-13-15-36)48-20-21-24(49-30(44)52-34(10,11)12)23(35)25(55-21)38-16-14-22(37-27(38)41)39(28(42)50-32(4,5)6)29(43)51-33(7,8)9/h14,16,21,23-25H,13,17-20H2,1-12H3/t21-,23+,24-,25-,53?/m1/s1. The lowest BCUT2D eigenvalue weighted by molar-refractivity contribution is -0.117. The number of carbonyl (C=O) groups is 4. The molecular weight excluding hydrogens is 786 g/mol. The van der Waals surface area contributed by atoms with E-state index in [1.165, 1.54) is 0 Å². The van der Waals surface area contributed by atoms with Gasteiger partial charge < -0.3 is 18.9 Å². The van der Waals surface area contributed by atoms with Crippen molar-refractivity contribution in [1.29, 1.82) is 5.26 Å². The van der Waals surface area contributed by atoms with Crippen LogP contribution >= 0.6 is 31.3 Å². The molecule has 5 atom stereocenters. The minimum Gasteiger partial charge on any atom is -0.443 e. The van der Waals surface area contributed by atoms with Crippen LogP contribution in [0.4, 0.5) is 24.6 Å². The van der Waals surface area contributed by atoms with Gasteiger partial charge in [-0.05, 0) is 68.4 Å². The smallest absolute Gasteiger partial charge is 0.443 e. The Morgan fingerprint density at radius 3 is 1.96 bits per heavy atom. The summed E-state index contributed by atoms with van der Waals surface area (Å²) in [6.07, 6.45) is -6.46. The van der Waals surface area contributed by atoms with Gasteiger partial charge in [0.15, 0.2) is 23.2 Å². The molecule has 55 heavy (non-hydrogen) atoms. The molecule has 0 aliphatic carbocycles. The van der Waals surface area contributed by atoms with Crippen molar-refractivity contribution in [1.82, 2.24) is 9.55 Å². The van der Waals surface area contributed by atoms with Crippen LogP contribution in [0.2, 0.25) is 0 Å². The lowest BCUT2D eigenvalue weighted by Gasteiger charge is -2.28. The highest BCUT2D eigenvalue weighted by molar-refractivity contribution is 8.13. The first-order valence-corrected chi connectivity index (χ1v) is 20.6. The molecule has 2 amide bonds. The summed E-state index contributed by atoms with van der Waals surface area (Å²) in [5.74, 6) is -0.382. The van der Waals surface area contributed by atoms with Gasteiger partial charge in [0, 0.05) is 17.4 Å². The molecule has 1 aliphatic heterocycles. The average molecular weight is 839 g/mol. The second-order valence-electron chi connectivity index (χ2n) is 16.0. The number of halogens is 1. The minimum absolute atomic E-state index is 0.0907. The molecule has 310 valence electrons. The number of phosphoric ester groups is 1. The molecule has 1 aromatic rings. The minimum atomic E-state index is -4.44. The van der Waals surface area contributed by atoms with Gasteiger partial charge in [-0.25, -0.2) is 28.1 Å². The molecule has 0 radical (unpaired) electrons. The summed E-state index contributed by atoms with van der Waals surface area (Å²) < 4.78 is 68.4. The molecular formula is C34H52FN4O13PS2. The van der Waals surface area contributed by atoms with Gasteiger partial charge in [-0.3, -0.25) is 22.9 Å². The van der Waals surface area contributed by atoms with E-state index in [-0.39, 0.29) is 30.5 Å². The van der Waals surface area contributed by atoms with Gasteiger partial charge in [-0.1, -0.05) is 32.5 Å². The Balaban J connectivity index is 2.45. The number of hydrogen-bond donors (Lipinski definition) is 0. The normalized spacial score (nSPS) is 20.1. The highest BCUT2D eigenvalue weighted by atomic mass is 32.2. The van der Waals surface area contributed by atoms with Crippen molar-refractivity contribution in [2.75, 3.05) is 30.5 Å². The Morgan fingerprint density at radius 2 is 1.47 bits per heavy atom. The van der Waals surface area contributed by atoms with Crippen LogP contribution in [0.5, 0.6) is 0 Å². The number of nitriles is 1. The Morgan fingerprint density at radius 1 is 0.927 bits per heavy atom. The van der Waals surface area contributed by atoms with E-state index in [9.17, 15) is 28.5 Å². The van der Waals surface area contributed by atoms with E-state index in [0.29, 0.717) is 4.90 Å². The Kier molecular flexibility index (Phi) is 16.8. The predicted octanol–water partition coefficient (Wildman–Crippen LogP) is 7.57. The summed E-state index contributed by atoms with van der Waals surface area (Å²) in [5, 5.41) is 6.23. The molecule has 0 saturated carbocycles. The second kappa shape index (κ2) is 19.3. The molecule has 0 spiro atoms. The molecule has 17 nitrogen and oxygen atoms in total. The second-order valence-corrected chi connectivity index (χ2v) is 20.1. The quantitative estimate of drug-likeness (QED) is 0.0811. The molecule has 0 bridgehead atoms. The number of aromatic nitrogens is 2. The maximum Gasteiger partial charge on any atom is 0.509 e. The predicted molar refractivity (Wildman–Crippen MR) is 202 cm³/mol. The summed E-state index contributed by atoms with van der Waals surface area (Å²) >= 11 is 1.71. The number of rotatable bonds is 13. The summed E-state index contributed by atoms with van der Waals surface area (Å²) in [4.78, 5) is 69.0. The summed E-state index contributed by atoms with van der Waals surface area (Å²) in [5.41, 5.74) is -4.86. The van der Waals surface area contributed by atoms with Crippen molar-refractivity contribution < 1.29 is 60.7 Å². The monoisotopic (exact) mass is 838 g/mol. The summed E-state index contributed by atoms with van der Waals surface area (Å²) in [6.45, 7) is 18.1. The van der Waals surface area contributed by atoms with Crippen molar-refractivity contribution >= 4 is 60.6 Å². The van der Waals surface area contributed by atoms with Gasteiger partial charge in [0.1, 0.15) is 22.2 Å². The number of nitrogens with zero attached hydrogens (tertiary/aromatic N) is 4. The van der Waals surface area contributed by atoms with Crippen molar-refractivity contribution in [3.05, 3.63) is 22.7 Å². The van der Waals surface area contributed by atoms with Gasteiger partial charge in [-0.2, -0.15) is 15.1 Å². The van der Waals surface area contributed by atoms with Gasteiger partial charge in [0.25, 0.3) is 0 Å². The fourth-order valence-corrected chi connectivity index (χ4v) is 7.82. The summed E-state index contributed by atoms with van der Waals surface area (Å²) in [7, 11) is -4.44. The van der Waals surface area contributed by atoms with Gasteiger partial charge >= 0.3 is 31.9 Å². The van der Waals surface area contributed by atoms with E-state index < -0.39 is 89.4 Å². The third-order valence-electron chi connectivity index (χ3n) is 6.40. The lowest BCUT2D eigenvalue weighted by Crippen LogP contribution is -2.45. The molecule has 1 fully saturated rings. The Labute approximate surface area is 329 Å². The average Bonchev–Trinajstić information content (AvgIpc) is 3.29. The number of ether oxygens (including phenoxy) is 4.